The normalized spacial score (nSPS) is 35.7. The molecule has 1 saturated carbocycles. The summed E-state index contributed by atoms with van der Waals surface area (Å²) in [5, 5.41) is 14.4. The number of aliphatic hydroxyl groups is 1. The number of nitrogens with two attached hydrogens (primary N) is 1. The Morgan fingerprint density at radius 3 is 2.94 bits per heavy atom. The maximum Gasteiger partial charge on any atom is 0.0862 e. The van der Waals surface area contributed by atoms with Gasteiger partial charge in [-0.25, -0.2) is 0 Å². The molecule has 3 nitrogen and oxygen atoms in total. The van der Waals surface area contributed by atoms with Crippen molar-refractivity contribution in [2.24, 2.45) is 5.73 Å². The first-order valence-electron chi connectivity index (χ1n) is 7.00. The molecule has 3 heteroatoms. The average molecular weight is 246 g/mol. The molecular weight excluding hydrogens is 224 g/mol. The molecule has 0 bridgehead atoms. The summed E-state index contributed by atoms with van der Waals surface area (Å²) in [6, 6.07) is 8.70. The van der Waals surface area contributed by atoms with E-state index in [-0.39, 0.29) is 12.1 Å². The van der Waals surface area contributed by atoms with Gasteiger partial charge in [-0.3, -0.25) is 0 Å². The van der Waals surface area contributed by atoms with E-state index in [1.165, 1.54) is 11.3 Å². The maximum absolute atomic E-state index is 10.8. The number of aryl methyl sites for hydroxylation is 1. The van der Waals surface area contributed by atoms with Crippen LogP contribution in [0.1, 0.15) is 37.7 Å². The van der Waals surface area contributed by atoms with Crippen LogP contribution in [0.25, 0.3) is 0 Å². The van der Waals surface area contributed by atoms with E-state index >= 15 is 0 Å². The molecule has 0 amide bonds. The fourth-order valence-electron chi connectivity index (χ4n) is 3.49. The standard InChI is InChI=1S/C15H22N2O/c16-12-5-3-9-15(18,10-12)14-8-7-11-4-1-2-6-13(11)17-14/h1-2,4,6,12,14,17-18H,3,5,7-10,16H2. The fraction of sp³-hybridized carbons (Fsp3) is 0.600. The van der Waals surface area contributed by atoms with Crippen LogP contribution >= 0.6 is 0 Å². The fourth-order valence-corrected chi connectivity index (χ4v) is 3.49. The lowest BCUT2D eigenvalue weighted by atomic mass is 9.74. The molecule has 18 heavy (non-hydrogen) atoms. The molecule has 3 rings (SSSR count). The summed E-state index contributed by atoms with van der Waals surface area (Å²) < 4.78 is 0. The van der Waals surface area contributed by atoms with E-state index in [1.807, 2.05) is 6.07 Å². The predicted octanol–water partition coefficient (Wildman–Crippen LogP) is 2.05. The predicted molar refractivity (Wildman–Crippen MR) is 73.6 cm³/mol. The molecule has 4 N–H and O–H groups in total. The van der Waals surface area contributed by atoms with E-state index in [2.05, 4.69) is 23.5 Å². The van der Waals surface area contributed by atoms with Gasteiger partial charge in [0.2, 0.25) is 0 Å². The minimum Gasteiger partial charge on any atom is -0.388 e. The van der Waals surface area contributed by atoms with Crippen molar-refractivity contribution in [1.29, 1.82) is 0 Å². The molecule has 1 heterocycles. The Kier molecular flexibility index (Phi) is 3.04. The number of nitrogens with one attached hydrogen (secondary N) is 1. The number of hydrogen-bond donors (Lipinski definition) is 3. The van der Waals surface area contributed by atoms with Gasteiger partial charge < -0.3 is 16.2 Å². The van der Waals surface area contributed by atoms with Gasteiger partial charge in [0.15, 0.2) is 0 Å². The second-order valence-corrected chi connectivity index (χ2v) is 5.85. The van der Waals surface area contributed by atoms with E-state index in [4.69, 9.17) is 5.73 Å². The van der Waals surface area contributed by atoms with Crippen LogP contribution < -0.4 is 11.1 Å². The molecule has 0 spiro atoms. The lowest BCUT2D eigenvalue weighted by molar-refractivity contribution is -0.0220. The molecule has 0 aromatic heterocycles. The summed E-state index contributed by atoms with van der Waals surface area (Å²) in [7, 11) is 0. The smallest absolute Gasteiger partial charge is 0.0862 e. The van der Waals surface area contributed by atoms with E-state index in [0.717, 1.165) is 38.5 Å². The first kappa shape index (κ1) is 12.0. The first-order chi connectivity index (χ1) is 8.67. The Morgan fingerprint density at radius 1 is 1.28 bits per heavy atom. The van der Waals surface area contributed by atoms with Crippen LogP contribution in [-0.2, 0) is 6.42 Å². The molecule has 0 radical (unpaired) electrons. The molecule has 98 valence electrons. The highest BCUT2D eigenvalue weighted by Gasteiger charge is 2.41. The lowest BCUT2D eigenvalue weighted by Gasteiger charge is -2.44. The van der Waals surface area contributed by atoms with Gasteiger partial charge in [0, 0.05) is 11.7 Å². The minimum absolute atomic E-state index is 0.152. The summed E-state index contributed by atoms with van der Waals surface area (Å²) in [4.78, 5) is 0. The van der Waals surface area contributed by atoms with E-state index < -0.39 is 5.60 Å². The Labute approximate surface area is 108 Å². The van der Waals surface area contributed by atoms with E-state index in [9.17, 15) is 5.11 Å². The zero-order chi connectivity index (χ0) is 12.6. The van der Waals surface area contributed by atoms with Gasteiger partial charge in [0.05, 0.1) is 11.6 Å². The van der Waals surface area contributed by atoms with Crippen molar-refractivity contribution in [3.05, 3.63) is 29.8 Å². The van der Waals surface area contributed by atoms with Crippen LogP contribution in [-0.4, -0.2) is 22.8 Å². The third-order valence-corrected chi connectivity index (χ3v) is 4.50. The van der Waals surface area contributed by atoms with Crippen molar-refractivity contribution in [3.63, 3.8) is 0 Å². The molecule has 0 saturated heterocycles. The molecular formula is C15H22N2O. The SMILES string of the molecule is NC1CCCC(O)(C2CCc3ccccc3N2)C1. The summed E-state index contributed by atoms with van der Waals surface area (Å²) >= 11 is 0. The van der Waals surface area contributed by atoms with Crippen molar-refractivity contribution >= 4 is 5.69 Å². The quantitative estimate of drug-likeness (QED) is 0.711. The third kappa shape index (κ3) is 2.13. The van der Waals surface area contributed by atoms with Crippen molar-refractivity contribution in [2.75, 3.05) is 5.32 Å². The van der Waals surface area contributed by atoms with Crippen molar-refractivity contribution in [3.8, 4) is 0 Å². The van der Waals surface area contributed by atoms with Crippen molar-refractivity contribution in [2.45, 2.75) is 56.2 Å². The Hall–Kier alpha value is -1.06. The monoisotopic (exact) mass is 246 g/mol. The van der Waals surface area contributed by atoms with Crippen LogP contribution in [0.15, 0.2) is 24.3 Å². The summed E-state index contributed by atoms with van der Waals surface area (Å²) in [5.41, 5.74) is 7.94. The second kappa shape index (κ2) is 4.56. The molecule has 2 aliphatic rings. The lowest BCUT2D eigenvalue weighted by Crippen LogP contribution is -2.53. The summed E-state index contributed by atoms with van der Waals surface area (Å²) in [5.74, 6) is 0. The highest BCUT2D eigenvalue weighted by atomic mass is 16.3. The zero-order valence-corrected chi connectivity index (χ0v) is 10.7. The zero-order valence-electron chi connectivity index (χ0n) is 10.7. The molecule has 1 aromatic carbocycles. The van der Waals surface area contributed by atoms with Crippen molar-refractivity contribution in [1.82, 2.24) is 0 Å². The van der Waals surface area contributed by atoms with Crippen LogP contribution in [0, 0.1) is 0 Å². The highest BCUT2D eigenvalue weighted by molar-refractivity contribution is 5.54. The summed E-state index contributed by atoms with van der Waals surface area (Å²) in [6.07, 6.45) is 5.74. The first-order valence-corrected chi connectivity index (χ1v) is 7.00. The summed E-state index contributed by atoms with van der Waals surface area (Å²) in [6.45, 7) is 0. The number of anilines is 1. The Morgan fingerprint density at radius 2 is 2.11 bits per heavy atom. The Bertz CT molecular complexity index is 434. The van der Waals surface area contributed by atoms with E-state index in [0.29, 0.717) is 0 Å². The highest BCUT2D eigenvalue weighted by Crippen LogP contribution is 2.36. The number of benzene rings is 1. The van der Waals surface area contributed by atoms with Crippen LogP contribution in [0.4, 0.5) is 5.69 Å². The largest absolute Gasteiger partial charge is 0.388 e. The topological polar surface area (TPSA) is 58.3 Å². The maximum atomic E-state index is 10.8. The number of para-hydroxylation sites is 1. The van der Waals surface area contributed by atoms with Gasteiger partial charge in [0.1, 0.15) is 0 Å². The van der Waals surface area contributed by atoms with Crippen LogP contribution in [0.5, 0.6) is 0 Å². The van der Waals surface area contributed by atoms with Gasteiger partial charge in [-0.15, -0.1) is 0 Å². The molecule has 1 aliphatic carbocycles. The second-order valence-electron chi connectivity index (χ2n) is 5.85. The van der Waals surface area contributed by atoms with Gasteiger partial charge in [0.25, 0.3) is 0 Å². The number of hydrogen-bond acceptors (Lipinski definition) is 3. The molecule has 1 fully saturated rings. The van der Waals surface area contributed by atoms with Gasteiger partial charge in [-0.2, -0.15) is 0 Å². The molecule has 3 unspecified atom stereocenters. The molecule has 1 aromatic rings. The number of fused-ring (bicyclic) bond motifs is 1. The van der Waals surface area contributed by atoms with Gasteiger partial charge in [-0.05, 0) is 50.2 Å². The number of rotatable bonds is 1. The van der Waals surface area contributed by atoms with Gasteiger partial charge >= 0.3 is 0 Å². The third-order valence-electron chi connectivity index (χ3n) is 4.50. The van der Waals surface area contributed by atoms with Crippen LogP contribution in [0.3, 0.4) is 0 Å². The molecule has 1 aliphatic heterocycles. The average Bonchev–Trinajstić information content (AvgIpc) is 2.38. The van der Waals surface area contributed by atoms with Gasteiger partial charge in [-0.1, -0.05) is 18.2 Å². The minimum atomic E-state index is -0.620. The Balaban J connectivity index is 1.79. The van der Waals surface area contributed by atoms with Crippen LogP contribution in [0.2, 0.25) is 0 Å². The van der Waals surface area contributed by atoms with Crippen molar-refractivity contribution < 1.29 is 5.11 Å². The molecule has 3 atom stereocenters. The van der Waals surface area contributed by atoms with E-state index in [1.54, 1.807) is 0 Å².